The predicted molar refractivity (Wildman–Crippen MR) is 75.7 cm³/mol. The van der Waals surface area contributed by atoms with Crippen molar-refractivity contribution in [3.8, 4) is 0 Å². The molecular weight excluding hydrogens is 312 g/mol. The minimum Gasteiger partial charge on any atom is -0.321 e. The van der Waals surface area contributed by atoms with Gasteiger partial charge in [0.25, 0.3) is 0 Å². The third-order valence-electron chi connectivity index (χ3n) is 3.08. The van der Waals surface area contributed by atoms with Gasteiger partial charge in [0.05, 0.1) is 0 Å². The average Bonchev–Trinajstić information content (AvgIpc) is 2.33. The van der Waals surface area contributed by atoms with Gasteiger partial charge >= 0.3 is 0 Å². The molecule has 0 aliphatic carbocycles. The van der Waals surface area contributed by atoms with Crippen LogP contribution in [-0.2, 0) is 12.0 Å². The lowest BCUT2D eigenvalue weighted by atomic mass is 9.86. The van der Waals surface area contributed by atoms with E-state index in [1.54, 1.807) is 24.3 Å². The summed E-state index contributed by atoms with van der Waals surface area (Å²) in [7, 11) is 0. The second-order valence-corrected chi connectivity index (χ2v) is 5.75. The molecule has 19 heavy (non-hydrogen) atoms. The van der Waals surface area contributed by atoms with E-state index in [9.17, 15) is 8.78 Å². The Bertz CT molecular complexity index is 579. The van der Waals surface area contributed by atoms with Crippen molar-refractivity contribution in [3.05, 3.63) is 69.7 Å². The molecule has 2 aromatic carbocycles. The van der Waals surface area contributed by atoms with E-state index >= 15 is 0 Å². The summed E-state index contributed by atoms with van der Waals surface area (Å²) in [5.74, 6) is -0.609. The maximum absolute atomic E-state index is 13.8. The zero-order chi connectivity index (χ0) is 14.0. The predicted octanol–water partition coefficient (Wildman–Crippen LogP) is 4.14. The number of nitrogens with two attached hydrogens (primary N) is 1. The molecule has 2 rings (SSSR count). The molecule has 4 heteroatoms. The van der Waals surface area contributed by atoms with Gasteiger partial charge in [-0.05, 0) is 48.7 Å². The Morgan fingerprint density at radius 3 is 2.32 bits per heavy atom. The summed E-state index contributed by atoms with van der Waals surface area (Å²) in [6, 6.07) is 10.9. The number of halogens is 3. The summed E-state index contributed by atoms with van der Waals surface area (Å²) in [5.41, 5.74) is 6.79. The highest BCUT2D eigenvalue weighted by atomic mass is 79.9. The van der Waals surface area contributed by atoms with E-state index in [0.29, 0.717) is 16.5 Å². The van der Waals surface area contributed by atoms with Crippen molar-refractivity contribution in [2.75, 3.05) is 0 Å². The molecule has 1 nitrogen and oxygen atoms in total. The van der Waals surface area contributed by atoms with Crippen LogP contribution in [0.15, 0.2) is 46.9 Å². The highest BCUT2D eigenvalue weighted by Gasteiger charge is 2.23. The molecule has 0 fully saturated rings. The molecule has 0 amide bonds. The topological polar surface area (TPSA) is 26.0 Å². The molecule has 0 radical (unpaired) electrons. The smallest absolute Gasteiger partial charge is 0.127 e. The first-order valence-electron chi connectivity index (χ1n) is 5.87. The van der Waals surface area contributed by atoms with Crippen molar-refractivity contribution in [1.82, 2.24) is 0 Å². The number of hydrogen-bond donors (Lipinski definition) is 1. The van der Waals surface area contributed by atoms with Crippen LogP contribution in [0.5, 0.6) is 0 Å². The first-order chi connectivity index (χ1) is 8.88. The molecule has 0 saturated carbocycles. The Balaban J connectivity index is 2.27. The highest BCUT2D eigenvalue weighted by molar-refractivity contribution is 9.10. The van der Waals surface area contributed by atoms with Gasteiger partial charge in [0.15, 0.2) is 0 Å². The Hall–Kier alpha value is -1.26. The van der Waals surface area contributed by atoms with Gasteiger partial charge in [0, 0.05) is 10.0 Å². The molecule has 100 valence electrons. The summed E-state index contributed by atoms with van der Waals surface area (Å²) in [6.45, 7) is 1.81. The zero-order valence-corrected chi connectivity index (χ0v) is 12.0. The van der Waals surface area contributed by atoms with Crippen LogP contribution in [0.4, 0.5) is 8.78 Å². The summed E-state index contributed by atoms with van der Waals surface area (Å²) in [4.78, 5) is 0. The normalized spacial score (nSPS) is 14.2. The maximum Gasteiger partial charge on any atom is 0.127 e. The van der Waals surface area contributed by atoms with E-state index in [1.165, 1.54) is 18.2 Å². The second-order valence-electron chi connectivity index (χ2n) is 4.84. The average molecular weight is 326 g/mol. The summed E-state index contributed by atoms with van der Waals surface area (Å²) >= 11 is 3.22. The Morgan fingerprint density at radius 2 is 1.74 bits per heavy atom. The Labute approximate surface area is 119 Å². The van der Waals surface area contributed by atoms with Crippen LogP contribution in [-0.4, -0.2) is 0 Å². The monoisotopic (exact) mass is 325 g/mol. The first kappa shape index (κ1) is 14.2. The van der Waals surface area contributed by atoms with E-state index in [2.05, 4.69) is 15.9 Å². The van der Waals surface area contributed by atoms with Crippen LogP contribution < -0.4 is 5.73 Å². The lowest BCUT2D eigenvalue weighted by molar-refractivity contribution is 0.474. The lowest BCUT2D eigenvalue weighted by Crippen LogP contribution is -2.35. The molecule has 1 atom stereocenters. The van der Waals surface area contributed by atoms with E-state index in [1.807, 2.05) is 6.92 Å². The van der Waals surface area contributed by atoms with Crippen molar-refractivity contribution < 1.29 is 8.78 Å². The van der Waals surface area contributed by atoms with E-state index in [-0.39, 0.29) is 11.6 Å². The van der Waals surface area contributed by atoms with Gasteiger partial charge in [0.2, 0.25) is 0 Å². The number of rotatable bonds is 3. The molecule has 0 bridgehead atoms. The molecule has 0 saturated heterocycles. The lowest BCUT2D eigenvalue weighted by Gasteiger charge is -2.25. The van der Waals surface area contributed by atoms with Crippen LogP contribution in [0.2, 0.25) is 0 Å². The Morgan fingerprint density at radius 1 is 1.11 bits per heavy atom. The minimum atomic E-state index is -0.748. The number of benzene rings is 2. The first-order valence-corrected chi connectivity index (χ1v) is 6.67. The summed E-state index contributed by atoms with van der Waals surface area (Å²) in [5, 5.41) is 0. The van der Waals surface area contributed by atoms with Crippen molar-refractivity contribution >= 4 is 15.9 Å². The molecule has 2 N–H and O–H groups in total. The van der Waals surface area contributed by atoms with Crippen LogP contribution in [0.25, 0.3) is 0 Å². The van der Waals surface area contributed by atoms with Crippen LogP contribution in [0.3, 0.4) is 0 Å². The molecular formula is C15H14BrF2N. The molecule has 0 spiro atoms. The highest BCUT2D eigenvalue weighted by Crippen LogP contribution is 2.25. The third-order valence-corrected chi connectivity index (χ3v) is 3.57. The van der Waals surface area contributed by atoms with Gasteiger partial charge < -0.3 is 5.73 Å². The van der Waals surface area contributed by atoms with E-state index in [0.717, 1.165) is 5.56 Å². The second kappa shape index (κ2) is 5.39. The van der Waals surface area contributed by atoms with Crippen LogP contribution in [0.1, 0.15) is 18.1 Å². The molecule has 0 aliphatic rings. The van der Waals surface area contributed by atoms with E-state index in [4.69, 9.17) is 5.73 Å². The molecule has 0 aromatic heterocycles. The molecule has 1 unspecified atom stereocenters. The van der Waals surface area contributed by atoms with Gasteiger partial charge in [-0.2, -0.15) is 0 Å². The van der Waals surface area contributed by atoms with Crippen LogP contribution in [0, 0.1) is 11.6 Å². The van der Waals surface area contributed by atoms with E-state index < -0.39 is 5.54 Å². The van der Waals surface area contributed by atoms with Crippen molar-refractivity contribution in [3.63, 3.8) is 0 Å². The van der Waals surface area contributed by atoms with Gasteiger partial charge in [-0.1, -0.05) is 34.1 Å². The fourth-order valence-corrected chi connectivity index (χ4v) is 2.33. The fraction of sp³-hybridized carbons (Fsp3) is 0.200. The Kier molecular flexibility index (Phi) is 4.02. The third kappa shape index (κ3) is 3.39. The fourth-order valence-electron chi connectivity index (χ4n) is 1.99. The number of hydrogen-bond acceptors (Lipinski definition) is 1. The van der Waals surface area contributed by atoms with Crippen molar-refractivity contribution in [1.29, 1.82) is 0 Å². The van der Waals surface area contributed by atoms with Crippen LogP contribution >= 0.6 is 15.9 Å². The van der Waals surface area contributed by atoms with Gasteiger partial charge in [0.1, 0.15) is 11.6 Å². The van der Waals surface area contributed by atoms with Gasteiger partial charge in [-0.3, -0.25) is 0 Å². The van der Waals surface area contributed by atoms with Gasteiger partial charge in [-0.25, -0.2) is 8.78 Å². The molecule has 2 aromatic rings. The minimum absolute atomic E-state index is 0.298. The van der Waals surface area contributed by atoms with Crippen molar-refractivity contribution in [2.45, 2.75) is 18.9 Å². The largest absolute Gasteiger partial charge is 0.321 e. The quantitative estimate of drug-likeness (QED) is 0.901. The maximum atomic E-state index is 13.8. The summed E-state index contributed by atoms with van der Waals surface area (Å²) < 4.78 is 27.4. The molecule has 0 heterocycles. The van der Waals surface area contributed by atoms with Crippen molar-refractivity contribution in [2.24, 2.45) is 5.73 Å². The zero-order valence-electron chi connectivity index (χ0n) is 10.5. The standard InChI is InChI=1S/C15H14BrF2N/c1-15(19,11-3-6-13(17)7-4-11)9-10-2-5-12(16)8-14(10)18/h2-8H,9,19H2,1H3. The van der Waals surface area contributed by atoms with Gasteiger partial charge in [-0.15, -0.1) is 0 Å². The molecule has 0 aliphatic heterocycles. The SMILES string of the molecule is CC(N)(Cc1ccc(Br)cc1F)c1ccc(F)cc1. The summed E-state index contributed by atoms with van der Waals surface area (Å²) in [6.07, 6.45) is 0.345.